The number of nitrogens with two attached hydrogens (primary N) is 1. The lowest BCUT2D eigenvalue weighted by molar-refractivity contribution is -0.380. The fraction of sp³-hybridized carbons (Fsp3) is 0.250. The number of nitrogens with zero attached hydrogens (tertiary/aromatic N) is 4. The van der Waals surface area contributed by atoms with E-state index in [4.69, 9.17) is 5.14 Å². The first-order valence-electron chi connectivity index (χ1n) is 5.05. The van der Waals surface area contributed by atoms with Gasteiger partial charge in [0.05, 0.1) is 9.80 Å². The van der Waals surface area contributed by atoms with E-state index in [1.54, 1.807) is 6.92 Å². The number of aromatic nitrogens is 3. The van der Waals surface area contributed by atoms with Crippen LogP contribution in [0.15, 0.2) is 17.3 Å². The molecule has 11 heteroatoms. The highest BCUT2D eigenvalue weighted by Gasteiger charge is 2.23. The molecule has 0 aliphatic carbocycles. The molecule has 2 aromatic heterocycles. The van der Waals surface area contributed by atoms with Crippen LogP contribution in [0.1, 0.15) is 6.92 Å². The molecule has 9 nitrogen and oxygen atoms in total. The summed E-state index contributed by atoms with van der Waals surface area (Å²) in [4.78, 5) is 10.5. The minimum Gasteiger partial charge on any atom is -0.296 e. The van der Waals surface area contributed by atoms with Crippen LogP contribution < -0.4 is 5.14 Å². The fourth-order valence-corrected chi connectivity index (χ4v) is 3.00. The van der Waals surface area contributed by atoms with Gasteiger partial charge in [-0.05, 0) is 13.0 Å². The summed E-state index contributed by atoms with van der Waals surface area (Å²) in [5, 5.41) is 22.5. The number of hydrogen-bond acceptors (Lipinski definition) is 7. The fourth-order valence-electron chi connectivity index (χ4n) is 1.51. The van der Waals surface area contributed by atoms with E-state index in [-0.39, 0.29) is 22.5 Å². The van der Waals surface area contributed by atoms with Gasteiger partial charge < -0.3 is 0 Å². The van der Waals surface area contributed by atoms with E-state index < -0.39 is 14.9 Å². The van der Waals surface area contributed by atoms with Crippen molar-refractivity contribution in [3.05, 3.63) is 22.2 Å². The Morgan fingerprint density at radius 2 is 2.16 bits per heavy atom. The van der Waals surface area contributed by atoms with Gasteiger partial charge in [-0.3, -0.25) is 14.7 Å². The maximum absolute atomic E-state index is 11.3. The molecule has 0 atom stereocenters. The molecule has 0 aliphatic rings. The van der Waals surface area contributed by atoms with Crippen molar-refractivity contribution in [1.29, 1.82) is 0 Å². The second-order valence-corrected chi connectivity index (χ2v) is 6.01. The van der Waals surface area contributed by atoms with Gasteiger partial charge in [-0.1, -0.05) is 11.3 Å². The van der Waals surface area contributed by atoms with Gasteiger partial charge in [0.2, 0.25) is 0 Å². The highest BCUT2D eigenvalue weighted by Crippen LogP contribution is 2.32. The molecule has 0 unspecified atom stereocenters. The van der Waals surface area contributed by atoms with E-state index in [1.807, 2.05) is 0 Å². The summed E-state index contributed by atoms with van der Waals surface area (Å²) in [6.45, 7) is 1.98. The third-order valence-corrected chi connectivity index (χ3v) is 4.12. The molecule has 0 aliphatic heterocycles. The van der Waals surface area contributed by atoms with Crippen molar-refractivity contribution in [2.24, 2.45) is 5.14 Å². The molecule has 0 aromatic carbocycles. The van der Waals surface area contributed by atoms with Gasteiger partial charge in [0.25, 0.3) is 15.2 Å². The van der Waals surface area contributed by atoms with Crippen LogP contribution in [0.3, 0.4) is 0 Å². The van der Waals surface area contributed by atoms with E-state index in [0.29, 0.717) is 4.88 Å². The van der Waals surface area contributed by atoms with Crippen molar-refractivity contribution in [1.82, 2.24) is 14.8 Å². The molecule has 2 heterocycles. The van der Waals surface area contributed by atoms with Crippen LogP contribution in [0.25, 0.3) is 10.7 Å². The maximum Gasteiger partial charge on any atom is 0.324 e. The number of nitro groups is 1. The molecular weight excluding hydrogens is 294 g/mol. The zero-order valence-electron chi connectivity index (χ0n) is 9.68. The van der Waals surface area contributed by atoms with Crippen LogP contribution >= 0.6 is 11.3 Å². The molecule has 0 amide bonds. The molecule has 0 saturated carbocycles. The van der Waals surface area contributed by atoms with Crippen molar-refractivity contribution in [3.8, 4) is 10.7 Å². The molecule has 0 spiro atoms. The first-order valence-corrected chi connectivity index (χ1v) is 7.41. The Kier molecular flexibility index (Phi) is 3.34. The summed E-state index contributed by atoms with van der Waals surface area (Å²) < 4.78 is 23.9. The Morgan fingerprint density at radius 3 is 2.63 bits per heavy atom. The predicted octanol–water partition coefficient (Wildman–Crippen LogP) is 0.582. The van der Waals surface area contributed by atoms with Crippen LogP contribution in [-0.2, 0) is 16.6 Å². The van der Waals surface area contributed by atoms with Crippen LogP contribution in [0.4, 0.5) is 5.00 Å². The Hall–Kier alpha value is -1.85. The molecule has 0 saturated heterocycles. The molecule has 2 aromatic rings. The van der Waals surface area contributed by atoms with Crippen molar-refractivity contribution in [3.63, 3.8) is 0 Å². The zero-order chi connectivity index (χ0) is 14.2. The molecule has 2 N–H and O–H groups in total. The highest BCUT2D eigenvalue weighted by molar-refractivity contribution is 7.89. The first kappa shape index (κ1) is 13.6. The van der Waals surface area contributed by atoms with E-state index in [0.717, 1.165) is 11.3 Å². The monoisotopic (exact) mass is 303 g/mol. The Morgan fingerprint density at radius 1 is 1.47 bits per heavy atom. The summed E-state index contributed by atoms with van der Waals surface area (Å²) in [6.07, 6.45) is 0. The SMILES string of the molecule is CCn1c(-c2ccc([N+](=O)[O-])s2)nnc1S(N)(=O)=O. The quantitative estimate of drug-likeness (QED) is 0.648. The number of thiophene rings is 1. The standard InChI is InChI=1S/C8H9N5O4S2/c1-2-12-7(10-11-8(12)19(9,16)17)5-3-4-6(18-5)13(14)15/h3-4H,2H2,1H3,(H2,9,16,17). The van der Waals surface area contributed by atoms with Gasteiger partial charge in [-0.2, -0.15) is 0 Å². The van der Waals surface area contributed by atoms with E-state index >= 15 is 0 Å². The van der Waals surface area contributed by atoms with Crippen molar-refractivity contribution in [2.45, 2.75) is 18.6 Å². The van der Waals surface area contributed by atoms with E-state index in [2.05, 4.69) is 10.2 Å². The highest BCUT2D eigenvalue weighted by atomic mass is 32.2. The Balaban J connectivity index is 2.57. The number of hydrogen-bond donors (Lipinski definition) is 1. The normalized spacial score (nSPS) is 11.7. The van der Waals surface area contributed by atoms with E-state index in [9.17, 15) is 18.5 Å². The third kappa shape index (κ3) is 2.47. The summed E-state index contributed by atoms with van der Waals surface area (Å²) in [5.41, 5.74) is 0. The van der Waals surface area contributed by atoms with Crippen LogP contribution in [0.5, 0.6) is 0 Å². The minimum absolute atomic E-state index is 0.0576. The summed E-state index contributed by atoms with van der Waals surface area (Å²) >= 11 is 0.890. The van der Waals surface area contributed by atoms with Gasteiger partial charge in [0.1, 0.15) is 0 Å². The summed E-state index contributed by atoms with van der Waals surface area (Å²) in [7, 11) is -3.98. The zero-order valence-corrected chi connectivity index (χ0v) is 11.3. The topological polar surface area (TPSA) is 134 Å². The lowest BCUT2D eigenvalue weighted by atomic mass is 10.4. The van der Waals surface area contributed by atoms with Gasteiger partial charge in [0.15, 0.2) is 5.82 Å². The summed E-state index contributed by atoms with van der Waals surface area (Å²) in [6, 6.07) is 2.82. The average molecular weight is 303 g/mol. The average Bonchev–Trinajstić information content (AvgIpc) is 2.93. The molecule has 0 bridgehead atoms. The van der Waals surface area contributed by atoms with Gasteiger partial charge in [-0.25, -0.2) is 13.6 Å². The lowest BCUT2D eigenvalue weighted by Crippen LogP contribution is -2.18. The second kappa shape index (κ2) is 4.68. The van der Waals surface area contributed by atoms with Gasteiger partial charge in [-0.15, -0.1) is 10.2 Å². The molecule has 2 rings (SSSR count). The largest absolute Gasteiger partial charge is 0.324 e. The molecular formula is C8H9N5O4S2. The van der Waals surface area contributed by atoms with Gasteiger partial charge >= 0.3 is 5.00 Å². The lowest BCUT2D eigenvalue weighted by Gasteiger charge is -2.03. The minimum atomic E-state index is -3.98. The van der Waals surface area contributed by atoms with Crippen LogP contribution in [0.2, 0.25) is 0 Å². The number of sulfonamides is 1. The third-order valence-electron chi connectivity index (χ3n) is 2.28. The molecule has 0 fully saturated rings. The van der Waals surface area contributed by atoms with Gasteiger partial charge in [0, 0.05) is 12.6 Å². The predicted molar refractivity (Wildman–Crippen MR) is 67.0 cm³/mol. The molecule has 102 valence electrons. The van der Waals surface area contributed by atoms with Crippen LogP contribution in [0, 0.1) is 10.1 Å². The number of rotatable bonds is 4. The smallest absolute Gasteiger partial charge is 0.296 e. The Labute approximate surface area is 111 Å². The van der Waals surface area contributed by atoms with E-state index in [1.165, 1.54) is 16.7 Å². The first-order chi connectivity index (χ1) is 8.84. The van der Waals surface area contributed by atoms with Crippen LogP contribution in [-0.4, -0.2) is 28.1 Å². The summed E-state index contributed by atoms with van der Waals surface area (Å²) in [5.74, 6) is 0.240. The maximum atomic E-state index is 11.3. The van der Waals surface area contributed by atoms with Crippen molar-refractivity contribution >= 4 is 26.4 Å². The second-order valence-electron chi connectivity index (χ2n) is 3.49. The molecule has 19 heavy (non-hydrogen) atoms. The van der Waals surface area contributed by atoms with Crippen molar-refractivity contribution in [2.75, 3.05) is 0 Å². The Bertz CT molecular complexity index is 732. The number of primary sulfonamides is 1. The molecule has 0 radical (unpaired) electrons. The van der Waals surface area contributed by atoms with Crippen molar-refractivity contribution < 1.29 is 13.3 Å².